The molecule has 2 saturated heterocycles. The Morgan fingerprint density at radius 3 is 2.60 bits per heavy atom. The van der Waals surface area contributed by atoms with Crippen LogP contribution in [0.25, 0.3) is 5.69 Å². The topological polar surface area (TPSA) is 55.2 Å². The molecule has 0 saturated carbocycles. The van der Waals surface area contributed by atoms with Crippen LogP contribution in [0.15, 0.2) is 42.7 Å². The maximum absolute atomic E-state index is 13.5. The predicted molar refractivity (Wildman–Crippen MR) is 109 cm³/mol. The van der Waals surface area contributed by atoms with Gasteiger partial charge in [0, 0.05) is 18.3 Å². The fourth-order valence-electron chi connectivity index (χ4n) is 4.19. The van der Waals surface area contributed by atoms with E-state index in [4.69, 9.17) is 4.74 Å². The van der Waals surface area contributed by atoms with Gasteiger partial charge in [0.25, 0.3) is 0 Å². The van der Waals surface area contributed by atoms with E-state index in [1.807, 2.05) is 6.07 Å². The van der Waals surface area contributed by atoms with Crippen LogP contribution < -0.4 is 5.32 Å². The number of aromatic nitrogens is 3. The van der Waals surface area contributed by atoms with E-state index in [-0.39, 0.29) is 5.69 Å². The molecule has 1 atom stereocenters. The number of ether oxygens (including phenoxy) is 1. The summed E-state index contributed by atoms with van der Waals surface area (Å²) in [5.74, 6) is -0.447. The zero-order valence-electron chi connectivity index (χ0n) is 16.7. The maximum atomic E-state index is 13.5. The van der Waals surface area contributed by atoms with E-state index in [9.17, 15) is 8.78 Å². The number of benzene rings is 2. The van der Waals surface area contributed by atoms with Gasteiger partial charge in [-0.2, -0.15) is 4.98 Å². The second-order valence-electron chi connectivity index (χ2n) is 8.07. The minimum Gasteiger partial charge on any atom is -0.378 e. The summed E-state index contributed by atoms with van der Waals surface area (Å²) in [6.45, 7) is 5.91. The quantitative estimate of drug-likeness (QED) is 0.693. The average molecular weight is 411 g/mol. The van der Waals surface area contributed by atoms with Gasteiger partial charge in [0.2, 0.25) is 5.95 Å². The minimum absolute atomic E-state index is 0.281. The van der Waals surface area contributed by atoms with Gasteiger partial charge < -0.3 is 10.1 Å². The summed E-state index contributed by atoms with van der Waals surface area (Å²) < 4.78 is 33.6. The Morgan fingerprint density at radius 2 is 1.87 bits per heavy atom. The van der Waals surface area contributed by atoms with Crippen LogP contribution >= 0.6 is 0 Å². The standard InChI is InChI=1S/C22H23F2N5O/c1-14-4-16(15-2-3-28(10-15)21-11-30-12-21)6-19(5-14)26-22-25-13-29(27-22)20-8-17(23)7-18(24)9-20/h4-9,13,15,21H,2-3,10-12H2,1H3,(H,26,27)/t15-/m1/s1. The molecule has 1 aromatic heterocycles. The van der Waals surface area contributed by atoms with E-state index in [0.717, 1.165) is 50.0 Å². The molecule has 8 heteroatoms. The largest absolute Gasteiger partial charge is 0.378 e. The van der Waals surface area contributed by atoms with Gasteiger partial charge in [0.1, 0.15) is 18.0 Å². The second kappa shape index (κ2) is 7.77. The van der Waals surface area contributed by atoms with Crippen molar-refractivity contribution in [2.24, 2.45) is 0 Å². The van der Waals surface area contributed by atoms with Gasteiger partial charge in [-0.1, -0.05) is 6.07 Å². The Hall–Kier alpha value is -2.84. The number of aryl methyl sites for hydroxylation is 1. The van der Waals surface area contributed by atoms with Crippen molar-refractivity contribution in [2.45, 2.75) is 25.3 Å². The molecular weight excluding hydrogens is 388 g/mol. The molecule has 2 aromatic carbocycles. The van der Waals surface area contributed by atoms with E-state index in [1.54, 1.807) is 0 Å². The Morgan fingerprint density at radius 1 is 1.07 bits per heavy atom. The predicted octanol–water partition coefficient (Wildman–Crippen LogP) is 3.79. The number of halogens is 2. The van der Waals surface area contributed by atoms with Crippen molar-refractivity contribution in [1.29, 1.82) is 0 Å². The van der Waals surface area contributed by atoms with Crippen molar-refractivity contribution >= 4 is 11.6 Å². The number of likely N-dealkylation sites (tertiary alicyclic amines) is 1. The van der Waals surface area contributed by atoms with Gasteiger partial charge in [0.15, 0.2) is 0 Å². The minimum atomic E-state index is -0.655. The molecule has 0 unspecified atom stereocenters. The van der Waals surface area contributed by atoms with Crippen LogP contribution in [-0.4, -0.2) is 52.0 Å². The molecule has 0 radical (unpaired) electrons. The average Bonchev–Trinajstić information content (AvgIpc) is 3.29. The first-order valence-corrected chi connectivity index (χ1v) is 10.1. The summed E-state index contributed by atoms with van der Waals surface area (Å²) in [4.78, 5) is 6.75. The summed E-state index contributed by atoms with van der Waals surface area (Å²) in [5.41, 5.74) is 3.64. The number of hydrogen-bond acceptors (Lipinski definition) is 5. The fourth-order valence-corrected chi connectivity index (χ4v) is 4.19. The molecule has 3 aromatic rings. The maximum Gasteiger partial charge on any atom is 0.246 e. The Kier molecular flexibility index (Phi) is 4.96. The lowest BCUT2D eigenvalue weighted by Gasteiger charge is -2.34. The van der Waals surface area contributed by atoms with Gasteiger partial charge in [-0.3, -0.25) is 4.90 Å². The number of rotatable bonds is 5. The highest BCUT2D eigenvalue weighted by Crippen LogP contribution is 2.32. The molecule has 0 amide bonds. The third kappa shape index (κ3) is 3.93. The van der Waals surface area contributed by atoms with Crippen molar-refractivity contribution in [1.82, 2.24) is 19.7 Å². The molecule has 2 aliphatic heterocycles. The third-order valence-corrected chi connectivity index (χ3v) is 5.79. The van der Waals surface area contributed by atoms with Gasteiger partial charge >= 0.3 is 0 Å². The summed E-state index contributed by atoms with van der Waals surface area (Å²) in [7, 11) is 0. The van der Waals surface area contributed by atoms with Gasteiger partial charge in [0.05, 0.1) is 24.9 Å². The monoisotopic (exact) mass is 411 g/mol. The Labute approximate surface area is 173 Å². The molecule has 0 spiro atoms. The highest BCUT2D eigenvalue weighted by Gasteiger charge is 2.33. The summed E-state index contributed by atoms with van der Waals surface area (Å²) in [6.07, 6.45) is 2.57. The van der Waals surface area contributed by atoms with Crippen LogP contribution in [0, 0.1) is 18.6 Å². The molecule has 2 fully saturated rings. The van der Waals surface area contributed by atoms with Crippen molar-refractivity contribution in [3.8, 4) is 5.69 Å². The summed E-state index contributed by atoms with van der Waals surface area (Å²) in [6, 6.07) is 10.2. The van der Waals surface area contributed by atoms with Crippen LogP contribution in [0.2, 0.25) is 0 Å². The van der Waals surface area contributed by atoms with Crippen LogP contribution in [0.4, 0.5) is 20.4 Å². The molecule has 1 N–H and O–H groups in total. The highest BCUT2D eigenvalue weighted by atomic mass is 19.1. The van der Waals surface area contributed by atoms with Crippen molar-refractivity contribution < 1.29 is 13.5 Å². The second-order valence-corrected chi connectivity index (χ2v) is 8.07. The number of nitrogens with one attached hydrogen (secondary N) is 1. The number of nitrogens with zero attached hydrogens (tertiary/aromatic N) is 4. The molecular formula is C22H23F2N5O. The summed E-state index contributed by atoms with van der Waals surface area (Å²) in [5, 5.41) is 7.53. The first-order chi connectivity index (χ1) is 14.5. The highest BCUT2D eigenvalue weighted by molar-refractivity contribution is 5.56. The molecule has 0 aliphatic carbocycles. The summed E-state index contributed by atoms with van der Waals surface area (Å²) >= 11 is 0. The van der Waals surface area contributed by atoms with E-state index >= 15 is 0 Å². The van der Waals surface area contributed by atoms with Gasteiger partial charge in [-0.25, -0.2) is 13.5 Å². The van der Waals surface area contributed by atoms with Crippen LogP contribution in [0.3, 0.4) is 0 Å². The van der Waals surface area contributed by atoms with E-state index < -0.39 is 11.6 Å². The van der Waals surface area contributed by atoms with Crippen molar-refractivity contribution in [3.05, 3.63) is 65.5 Å². The van der Waals surface area contributed by atoms with E-state index in [2.05, 4.69) is 39.4 Å². The smallest absolute Gasteiger partial charge is 0.246 e. The zero-order valence-corrected chi connectivity index (χ0v) is 16.7. The Bertz CT molecular complexity index is 1050. The molecule has 30 heavy (non-hydrogen) atoms. The SMILES string of the molecule is Cc1cc(Nc2ncn(-c3cc(F)cc(F)c3)n2)cc([C@@H]2CCN(C3COC3)C2)c1. The van der Waals surface area contributed by atoms with Crippen molar-refractivity contribution in [3.63, 3.8) is 0 Å². The molecule has 3 heterocycles. The van der Waals surface area contributed by atoms with Crippen LogP contribution in [0.1, 0.15) is 23.5 Å². The molecule has 2 aliphatic rings. The third-order valence-electron chi connectivity index (χ3n) is 5.79. The normalized spacial score (nSPS) is 19.8. The molecule has 5 rings (SSSR count). The molecule has 0 bridgehead atoms. The lowest BCUT2D eigenvalue weighted by Crippen LogP contribution is -2.47. The van der Waals surface area contributed by atoms with E-state index in [0.29, 0.717) is 17.9 Å². The van der Waals surface area contributed by atoms with Gasteiger partial charge in [-0.05, 0) is 61.2 Å². The van der Waals surface area contributed by atoms with Gasteiger partial charge in [-0.15, -0.1) is 5.10 Å². The number of anilines is 2. The first-order valence-electron chi connectivity index (χ1n) is 10.1. The molecule has 6 nitrogen and oxygen atoms in total. The lowest BCUT2D eigenvalue weighted by molar-refractivity contribution is -0.0573. The number of hydrogen-bond donors (Lipinski definition) is 1. The molecule has 156 valence electrons. The van der Waals surface area contributed by atoms with Crippen LogP contribution in [-0.2, 0) is 4.74 Å². The van der Waals surface area contributed by atoms with Crippen molar-refractivity contribution in [2.75, 3.05) is 31.6 Å². The van der Waals surface area contributed by atoms with Crippen LogP contribution in [0.5, 0.6) is 0 Å². The van der Waals surface area contributed by atoms with E-state index in [1.165, 1.54) is 28.7 Å². The zero-order chi connectivity index (χ0) is 20.7. The Balaban J connectivity index is 1.32. The lowest BCUT2D eigenvalue weighted by atomic mass is 9.96. The first kappa shape index (κ1) is 19.1. The fraction of sp³-hybridized carbons (Fsp3) is 0.364.